The van der Waals surface area contributed by atoms with E-state index in [4.69, 9.17) is 0 Å². The van der Waals surface area contributed by atoms with E-state index < -0.39 is 12.1 Å². The summed E-state index contributed by atoms with van der Waals surface area (Å²) in [7, 11) is 1.71. The van der Waals surface area contributed by atoms with Crippen molar-refractivity contribution in [2.45, 2.75) is 58.2 Å². The van der Waals surface area contributed by atoms with Crippen LogP contribution in [0.4, 0.5) is 0 Å². The number of carbonyl (C=O) groups excluding carboxylic acids is 3. The topological polar surface area (TPSA) is 81.8 Å². The molecule has 7 heteroatoms. The predicted molar refractivity (Wildman–Crippen MR) is 120 cm³/mol. The van der Waals surface area contributed by atoms with E-state index >= 15 is 0 Å². The van der Waals surface area contributed by atoms with Crippen LogP contribution in [0.15, 0.2) is 30.3 Å². The van der Waals surface area contributed by atoms with Gasteiger partial charge in [-0.05, 0) is 50.6 Å². The number of likely N-dealkylation sites (N-methyl/N-ethyl adjacent to an activating group) is 1. The third kappa shape index (κ3) is 5.26. The van der Waals surface area contributed by atoms with Crippen molar-refractivity contribution in [1.29, 1.82) is 0 Å². The molecule has 2 aliphatic heterocycles. The molecule has 0 spiro atoms. The van der Waals surface area contributed by atoms with Gasteiger partial charge in [0.1, 0.15) is 12.1 Å². The number of nitrogens with one attached hydrogen (secondary N) is 2. The molecule has 31 heavy (non-hydrogen) atoms. The standard InChI is InChI=1S/C24H36N4O3/c1-16(2)20(26-22(29)17(3)25-4)23(30)28-15-12-19-11-14-27(24(31)21(19)28)13-10-18-8-6-5-7-9-18/h5-9,16-17,19-21,25H,10-15H2,1-4H3,(H,26,29)/t17-,19-,20?,21?/m0/s1. The molecule has 1 aromatic rings. The van der Waals surface area contributed by atoms with Gasteiger partial charge >= 0.3 is 0 Å². The molecule has 2 aliphatic rings. The first-order valence-corrected chi connectivity index (χ1v) is 11.4. The fraction of sp³-hybridized carbons (Fsp3) is 0.625. The van der Waals surface area contributed by atoms with Crippen LogP contribution in [0.5, 0.6) is 0 Å². The van der Waals surface area contributed by atoms with Crippen molar-refractivity contribution in [1.82, 2.24) is 20.4 Å². The van der Waals surface area contributed by atoms with Crippen molar-refractivity contribution in [3.63, 3.8) is 0 Å². The van der Waals surface area contributed by atoms with Crippen LogP contribution in [0.1, 0.15) is 39.2 Å². The molecular weight excluding hydrogens is 392 g/mol. The van der Waals surface area contributed by atoms with Crippen molar-refractivity contribution in [2.75, 3.05) is 26.7 Å². The van der Waals surface area contributed by atoms with Gasteiger partial charge in [0.25, 0.3) is 0 Å². The van der Waals surface area contributed by atoms with Crippen molar-refractivity contribution in [2.24, 2.45) is 11.8 Å². The van der Waals surface area contributed by atoms with E-state index in [1.807, 2.05) is 36.9 Å². The van der Waals surface area contributed by atoms with Gasteiger partial charge < -0.3 is 20.4 Å². The van der Waals surface area contributed by atoms with Gasteiger partial charge in [0.15, 0.2) is 0 Å². The average Bonchev–Trinajstić information content (AvgIpc) is 3.21. The van der Waals surface area contributed by atoms with E-state index in [1.54, 1.807) is 18.9 Å². The van der Waals surface area contributed by atoms with Gasteiger partial charge in [0, 0.05) is 19.6 Å². The third-order valence-corrected chi connectivity index (χ3v) is 6.71. The molecule has 0 radical (unpaired) electrons. The molecule has 2 N–H and O–H groups in total. The number of piperidine rings is 1. The molecule has 0 aromatic heterocycles. The quantitative estimate of drug-likeness (QED) is 0.656. The molecule has 3 rings (SSSR count). The minimum Gasteiger partial charge on any atom is -0.343 e. The molecule has 0 aliphatic carbocycles. The van der Waals surface area contributed by atoms with Gasteiger partial charge in [0.05, 0.1) is 6.04 Å². The fourth-order valence-corrected chi connectivity index (χ4v) is 4.59. The molecule has 1 aromatic carbocycles. The summed E-state index contributed by atoms with van der Waals surface area (Å²) in [5.74, 6) is -0.144. The first kappa shape index (κ1) is 23.3. The van der Waals surface area contributed by atoms with Crippen molar-refractivity contribution < 1.29 is 14.4 Å². The summed E-state index contributed by atoms with van der Waals surface area (Å²) in [6.45, 7) is 7.60. The highest BCUT2D eigenvalue weighted by Gasteiger charge is 2.47. The van der Waals surface area contributed by atoms with Gasteiger partial charge in [-0.2, -0.15) is 0 Å². The fourth-order valence-electron chi connectivity index (χ4n) is 4.59. The van der Waals surface area contributed by atoms with E-state index in [-0.39, 0.29) is 35.6 Å². The number of fused-ring (bicyclic) bond motifs is 1. The van der Waals surface area contributed by atoms with Gasteiger partial charge in [-0.15, -0.1) is 0 Å². The number of rotatable bonds is 8. The number of hydrogen-bond acceptors (Lipinski definition) is 4. The van der Waals surface area contributed by atoms with Gasteiger partial charge in [-0.1, -0.05) is 44.2 Å². The molecule has 170 valence electrons. The van der Waals surface area contributed by atoms with Gasteiger partial charge in [-0.3, -0.25) is 14.4 Å². The van der Waals surface area contributed by atoms with Crippen LogP contribution in [0.3, 0.4) is 0 Å². The Morgan fingerprint density at radius 3 is 2.42 bits per heavy atom. The number of benzene rings is 1. The molecule has 7 nitrogen and oxygen atoms in total. The number of hydrogen-bond donors (Lipinski definition) is 2. The lowest BCUT2D eigenvalue weighted by atomic mass is 9.90. The Balaban J connectivity index is 1.69. The normalized spacial score (nSPS) is 22.9. The molecule has 2 saturated heterocycles. The zero-order chi connectivity index (χ0) is 22.5. The zero-order valence-electron chi connectivity index (χ0n) is 19.1. The molecule has 2 unspecified atom stereocenters. The number of likely N-dealkylation sites (tertiary alicyclic amines) is 2. The lowest BCUT2D eigenvalue weighted by Crippen LogP contribution is -2.59. The smallest absolute Gasteiger partial charge is 0.246 e. The van der Waals surface area contributed by atoms with Crippen molar-refractivity contribution in [3.8, 4) is 0 Å². The Labute approximate surface area is 185 Å². The minimum absolute atomic E-state index is 0.0513. The van der Waals surface area contributed by atoms with E-state index in [2.05, 4.69) is 22.8 Å². The van der Waals surface area contributed by atoms with Crippen LogP contribution in [0, 0.1) is 11.8 Å². The molecule has 2 fully saturated rings. The maximum atomic E-state index is 13.4. The highest BCUT2D eigenvalue weighted by molar-refractivity contribution is 5.94. The highest BCUT2D eigenvalue weighted by Crippen LogP contribution is 2.33. The van der Waals surface area contributed by atoms with E-state index in [0.717, 1.165) is 25.8 Å². The van der Waals surface area contributed by atoms with Gasteiger partial charge in [-0.25, -0.2) is 0 Å². The van der Waals surface area contributed by atoms with E-state index in [9.17, 15) is 14.4 Å². The van der Waals surface area contributed by atoms with Crippen LogP contribution in [0.2, 0.25) is 0 Å². The summed E-state index contributed by atoms with van der Waals surface area (Å²) in [6.07, 6.45) is 2.58. The molecule has 3 amide bonds. The molecular formula is C24H36N4O3. The Kier molecular flexibility index (Phi) is 7.70. The van der Waals surface area contributed by atoms with Crippen LogP contribution in [0.25, 0.3) is 0 Å². The second-order valence-electron chi connectivity index (χ2n) is 9.12. The zero-order valence-corrected chi connectivity index (χ0v) is 19.1. The summed E-state index contributed by atoms with van der Waals surface area (Å²) in [4.78, 5) is 42.8. The number of amides is 3. The summed E-state index contributed by atoms with van der Waals surface area (Å²) in [6, 6.07) is 8.74. The number of nitrogens with zero attached hydrogens (tertiary/aromatic N) is 2. The van der Waals surface area contributed by atoms with E-state index in [0.29, 0.717) is 13.1 Å². The van der Waals surface area contributed by atoms with Crippen LogP contribution in [-0.4, -0.2) is 72.3 Å². The Morgan fingerprint density at radius 1 is 1.10 bits per heavy atom. The summed E-state index contributed by atoms with van der Waals surface area (Å²) >= 11 is 0. The second-order valence-corrected chi connectivity index (χ2v) is 9.12. The first-order chi connectivity index (χ1) is 14.8. The Bertz CT molecular complexity index is 782. The molecule has 0 saturated carbocycles. The minimum atomic E-state index is -0.630. The maximum Gasteiger partial charge on any atom is 0.246 e. The third-order valence-electron chi connectivity index (χ3n) is 6.71. The van der Waals surface area contributed by atoms with Crippen LogP contribution < -0.4 is 10.6 Å². The monoisotopic (exact) mass is 428 g/mol. The number of carbonyl (C=O) groups is 3. The summed E-state index contributed by atoms with van der Waals surface area (Å²) < 4.78 is 0. The molecule has 2 heterocycles. The Morgan fingerprint density at radius 2 is 1.77 bits per heavy atom. The van der Waals surface area contributed by atoms with Crippen molar-refractivity contribution >= 4 is 17.7 Å². The molecule has 0 bridgehead atoms. The molecule has 4 atom stereocenters. The van der Waals surface area contributed by atoms with Gasteiger partial charge in [0.2, 0.25) is 17.7 Å². The first-order valence-electron chi connectivity index (χ1n) is 11.4. The summed E-state index contributed by atoms with van der Waals surface area (Å²) in [5, 5.41) is 5.80. The SMILES string of the molecule is CN[C@@H](C)C(=O)NC(C(=O)N1CC[C@@H]2CCN(CCc3ccccc3)C(=O)C21)C(C)C. The second kappa shape index (κ2) is 10.3. The summed E-state index contributed by atoms with van der Waals surface area (Å²) in [5.41, 5.74) is 1.21. The predicted octanol–water partition coefficient (Wildman–Crippen LogP) is 1.43. The largest absolute Gasteiger partial charge is 0.343 e. The lowest BCUT2D eigenvalue weighted by molar-refractivity contribution is -0.149. The Hall–Kier alpha value is -2.41. The van der Waals surface area contributed by atoms with E-state index in [1.165, 1.54) is 5.56 Å². The average molecular weight is 429 g/mol. The lowest BCUT2D eigenvalue weighted by Gasteiger charge is -2.39. The van der Waals surface area contributed by atoms with Crippen molar-refractivity contribution in [3.05, 3.63) is 35.9 Å². The van der Waals surface area contributed by atoms with Crippen LogP contribution >= 0.6 is 0 Å². The maximum absolute atomic E-state index is 13.4. The van der Waals surface area contributed by atoms with Crippen LogP contribution in [-0.2, 0) is 20.8 Å². The highest BCUT2D eigenvalue weighted by atomic mass is 16.2.